The molecule has 3 aromatic rings. The van der Waals surface area contributed by atoms with E-state index in [0.29, 0.717) is 40.6 Å². The molecule has 0 radical (unpaired) electrons. The highest BCUT2D eigenvalue weighted by Gasteiger charge is 2.44. The monoisotopic (exact) mass is 519 g/mol. The molecule has 13 heteroatoms. The Morgan fingerprint density at radius 3 is 2.37 bits per heavy atom. The minimum atomic E-state index is -4.31. The fraction of sp³-hybridized carbons (Fsp3) is 0.318. The van der Waals surface area contributed by atoms with Gasteiger partial charge in [0.05, 0.1) is 28.9 Å². The van der Waals surface area contributed by atoms with Gasteiger partial charge in [-0.1, -0.05) is 23.7 Å². The molecule has 2 aromatic carbocycles. The number of likely N-dealkylation sites (N-methyl/N-ethyl adjacent to an activating group) is 1. The first-order valence-electron chi connectivity index (χ1n) is 10.7. The zero-order valence-corrected chi connectivity index (χ0v) is 21.0. The molecule has 2 heterocycles. The number of sulfonamides is 1. The van der Waals surface area contributed by atoms with Crippen LogP contribution in [0.3, 0.4) is 0 Å². The van der Waals surface area contributed by atoms with E-state index in [4.69, 9.17) is 22.1 Å². The molecule has 4 rings (SSSR count). The number of nitrogens with zero attached hydrogens (tertiary/aromatic N) is 4. The minimum absolute atomic E-state index is 0.0976. The molecule has 1 aliphatic heterocycles. The lowest BCUT2D eigenvalue weighted by atomic mass is 10.1. The molecule has 1 saturated heterocycles. The van der Waals surface area contributed by atoms with Crippen LogP contribution in [0.1, 0.15) is 0 Å². The second-order valence-electron chi connectivity index (χ2n) is 8.35. The van der Waals surface area contributed by atoms with E-state index in [-0.39, 0.29) is 17.7 Å². The summed E-state index contributed by atoms with van der Waals surface area (Å²) < 4.78 is 34.4. The molecule has 1 aliphatic rings. The highest BCUT2D eigenvalue weighted by molar-refractivity contribution is 7.94. The average molecular weight is 520 g/mol. The van der Waals surface area contributed by atoms with Gasteiger partial charge in [0.15, 0.2) is 11.6 Å². The Morgan fingerprint density at radius 2 is 1.80 bits per heavy atom. The predicted octanol–water partition coefficient (Wildman–Crippen LogP) is 1.83. The number of hydrogen-bond donors (Lipinski definition) is 3. The van der Waals surface area contributed by atoms with Gasteiger partial charge in [-0.2, -0.15) is 0 Å². The predicted molar refractivity (Wildman–Crippen MR) is 135 cm³/mol. The Labute approximate surface area is 208 Å². The summed E-state index contributed by atoms with van der Waals surface area (Å²) in [7, 11) is 0.988. The van der Waals surface area contributed by atoms with E-state index in [2.05, 4.69) is 20.0 Å². The molecule has 1 fully saturated rings. The van der Waals surface area contributed by atoms with Crippen LogP contribution < -0.4 is 20.5 Å². The van der Waals surface area contributed by atoms with E-state index in [1.807, 2.05) is 19.0 Å². The molecular weight excluding hydrogens is 494 g/mol. The van der Waals surface area contributed by atoms with Gasteiger partial charge in [-0.15, -0.1) is 0 Å². The van der Waals surface area contributed by atoms with Crippen LogP contribution in [0.4, 0.5) is 17.3 Å². The number of anilines is 3. The summed E-state index contributed by atoms with van der Waals surface area (Å²) in [4.78, 5) is 24.7. The molecule has 1 unspecified atom stereocenters. The van der Waals surface area contributed by atoms with Gasteiger partial charge in [-0.3, -0.25) is 14.4 Å². The highest BCUT2D eigenvalue weighted by atomic mass is 35.5. The van der Waals surface area contributed by atoms with E-state index in [0.717, 1.165) is 0 Å². The van der Waals surface area contributed by atoms with E-state index in [1.165, 1.54) is 12.0 Å². The van der Waals surface area contributed by atoms with Crippen LogP contribution in [0.2, 0.25) is 5.02 Å². The topological polar surface area (TPSA) is 143 Å². The van der Waals surface area contributed by atoms with Crippen molar-refractivity contribution in [3.8, 4) is 5.75 Å². The van der Waals surface area contributed by atoms with E-state index in [1.54, 1.807) is 42.5 Å². The van der Waals surface area contributed by atoms with Crippen LogP contribution in [0, 0.1) is 0 Å². The van der Waals surface area contributed by atoms with Crippen LogP contribution in [-0.2, 0) is 14.8 Å². The van der Waals surface area contributed by atoms with Crippen LogP contribution >= 0.6 is 11.6 Å². The molecule has 0 bridgehead atoms. The van der Waals surface area contributed by atoms with Gasteiger partial charge in [0.25, 0.3) is 15.9 Å². The number of nitrogens with one attached hydrogen (secondary N) is 2. The van der Waals surface area contributed by atoms with Crippen molar-refractivity contribution in [1.82, 2.24) is 19.8 Å². The number of benzene rings is 2. The number of halogens is 1. The number of carbonyl (C=O) groups excluding carboxylic acids is 1. The first-order valence-corrected chi connectivity index (χ1v) is 12.6. The van der Waals surface area contributed by atoms with Gasteiger partial charge >= 0.3 is 0 Å². The number of methoxy groups -OCH3 is 1. The van der Waals surface area contributed by atoms with Crippen molar-refractivity contribution in [3.63, 3.8) is 0 Å². The molecule has 0 aliphatic carbocycles. The molecule has 1 aromatic heterocycles. The maximum Gasteiger partial charge on any atom is 0.259 e. The van der Waals surface area contributed by atoms with Gasteiger partial charge in [0.1, 0.15) is 5.75 Å². The SMILES string of the molecule is COc1ccc(Cl)c(Nc2nc3ccccc3nc2NS(=O)(=O)C(C(N)=O)N2CC(N(C)C)C2)c1. The van der Waals surface area contributed by atoms with Crippen LogP contribution in [0.15, 0.2) is 42.5 Å². The molecular formula is C22H26ClN7O4S. The van der Waals surface area contributed by atoms with Crippen molar-refractivity contribution >= 4 is 55.9 Å². The Bertz CT molecular complexity index is 1360. The lowest BCUT2D eigenvalue weighted by Gasteiger charge is -2.45. The number of carbonyl (C=O) groups is 1. The van der Waals surface area contributed by atoms with E-state index in [9.17, 15) is 13.2 Å². The Kier molecular flexibility index (Phi) is 6.99. The van der Waals surface area contributed by atoms with Crippen molar-refractivity contribution in [3.05, 3.63) is 47.5 Å². The van der Waals surface area contributed by atoms with Crippen molar-refractivity contribution in [1.29, 1.82) is 0 Å². The number of amides is 1. The number of fused-ring (bicyclic) bond motifs is 1. The van der Waals surface area contributed by atoms with E-state index < -0.39 is 21.3 Å². The number of hydrogen-bond acceptors (Lipinski definition) is 9. The van der Waals surface area contributed by atoms with E-state index >= 15 is 0 Å². The van der Waals surface area contributed by atoms with Crippen molar-refractivity contribution in [2.75, 3.05) is 44.3 Å². The summed E-state index contributed by atoms with van der Waals surface area (Å²) in [5, 5.41) is 1.82. The molecule has 1 amide bonds. The van der Waals surface area contributed by atoms with Crippen LogP contribution in [0.25, 0.3) is 11.0 Å². The quantitative estimate of drug-likeness (QED) is 0.385. The fourth-order valence-electron chi connectivity index (χ4n) is 3.74. The van der Waals surface area contributed by atoms with Crippen molar-refractivity contribution < 1.29 is 17.9 Å². The maximum absolute atomic E-state index is 13.4. The number of rotatable bonds is 9. The van der Waals surface area contributed by atoms with Gasteiger partial charge in [-0.05, 0) is 38.4 Å². The van der Waals surface area contributed by atoms with Gasteiger partial charge in [0, 0.05) is 25.2 Å². The standard InChI is InChI=1S/C22H26ClN7O4S/c1-29(2)13-11-30(12-13)22(19(24)31)35(32,33)28-21-20(25-16-6-4-5-7-17(16)26-21)27-18-10-14(34-3)8-9-15(18)23/h4-10,13,22H,11-12H2,1-3H3,(H2,24,31)(H,25,27)(H,26,28). The number of aromatic nitrogens is 2. The molecule has 0 saturated carbocycles. The van der Waals surface area contributed by atoms with Gasteiger partial charge in [0.2, 0.25) is 5.37 Å². The third-order valence-corrected chi connectivity index (χ3v) is 7.65. The summed E-state index contributed by atoms with van der Waals surface area (Å²) in [5.41, 5.74) is 6.93. The highest BCUT2D eigenvalue weighted by Crippen LogP contribution is 2.33. The number of nitrogens with two attached hydrogens (primary N) is 1. The van der Waals surface area contributed by atoms with Crippen molar-refractivity contribution in [2.45, 2.75) is 11.4 Å². The Morgan fingerprint density at radius 1 is 1.17 bits per heavy atom. The fourth-order valence-corrected chi connectivity index (χ4v) is 5.30. The summed E-state index contributed by atoms with van der Waals surface area (Å²) in [6.45, 7) is 0.769. The van der Waals surface area contributed by atoms with Crippen LogP contribution in [0.5, 0.6) is 5.75 Å². The number of likely N-dealkylation sites (tertiary alicyclic amines) is 1. The molecule has 11 nitrogen and oxygen atoms in total. The summed E-state index contributed by atoms with van der Waals surface area (Å²) in [6, 6.07) is 12.1. The zero-order chi connectivity index (χ0) is 25.3. The summed E-state index contributed by atoms with van der Waals surface area (Å²) in [5.74, 6) is -0.442. The largest absolute Gasteiger partial charge is 0.497 e. The minimum Gasteiger partial charge on any atom is -0.497 e. The number of para-hydroxylation sites is 2. The second kappa shape index (κ2) is 9.82. The number of ether oxygens (including phenoxy) is 1. The molecule has 0 spiro atoms. The Balaban J connectivity index is 1.71. The first-order chi connectivity index (χ1) is 16.6. The lowest BCUT2D eigenvalue weighted by molar-refractivity contribution is -0.122. The van der Waals surface area contributed by atoms with Crippen LogP contribution in [-0.4, -0.2) is 79.8 Å². The number of primary amides is 1. The zero-order valence-electron chi connectivity index (χ0n) is 19.4. The maximum atomic E-state index is 13.4. The average Bonchev–Trinajstić information content (AvgIpc) is 2.76. The van der Waals surface area contributed by atoms with Gasteiger partial charge in [-0.25, -0.2) is 18.4 Å². The first kappa shape index (κ1) is 24.9. The third-order valence-electron chi connectivity index (χ3n) is 5.73. The lowest BCUT2D eigenvalue weighted by Crippen LogP contribution is -2.65. The summed E-state index contributed by atoms with van der Waals surface area (Å²) in [6.07, 6.45) is 0. The normalized spacial score (nSPS) is 15.6. The molecule has 186 valence electrons. The van der Waals surface area contributed by atoms with Gasteiger partial charge < -0.3 is 20.7 Å². The second-order valence-corrected chi connectivity index (χ2v) is 10.5. The molecule has 1 atom stereocenters. The Hall–Kier alpha value is -3.19. The smallest absolute Gasteiger partial charge is 0.259 e. The summed E-state index contributed by atoms with van der Waals surface area (Å²) >= 11 is 6.33. The molecule has 4 N–H and O–H groups in total. The van der Waals surface area contributed by atoms with Crippen molar-refractivity contribution in [2.24, 2.45) is 5.73 Å². The molecule has 35 heavy (non-hydrogen) atoms. The third kappa shape index (κ3) is 5.25.